The molecule has 148 heavy (non-hydrogen) atoms. The molecular weight excluding hydrogens is 2040 g/mol. The van der Waals surface area contributed by atoms with Gasteiger partial charge in [0.1, 0.15) is 125 Å². The van der Waals surface area contributed by atoms with Crippen molar-refractivity contribution in [1.82, 2.24) is 5.32 Å². The van der Waals surface area contributed by atoms with Crippen LogP contribution in [0.1, 0.15) is 171 Å². The Morgan fingerprint density at radius 2 is 0.385 bits per heavy atom. The third-order valence-corrected chi connectivity index (χ3v) is 25.5. The lowest BCUT2D eigenvalue weighted by Gasteiger charge is -2.52. The van der Waals surface area contributed by atoms with Gasteiger partial charge < -0.3 is 166 Å². The highest BCUT2D eigenvalue weighted by Gasteiger charge is 2.67. The van der Waals surface area contributed by atoms with Crippen molar-refractivity contribution in [3.8, 4) is 0 Å². The molecule has 36 unspecified atom stereocenters. The summed E-state index contributed by atoms with van der Waals surface area (Å²) >= 11 is 0. The van der Waals surface area contributed by atoms with Crippen LogP contribution in [0.15, 0.2) is 0 Å². The minimum atomic E-state index is -2.47. The minimum Gasteiger partial charge on any atom is -0.463 e. The zero-order chi connectivity index (χ0) is 109. The number of ether oxygens (including phenoxy) is 34. The summed E-state index contributed by atoms with van der Waals surface area (Å²) in [5, 5.41) is 3.00. The Kier molecular flexibility index (Phi) is 45.8. The van der Waals surface area contributed by atoms with Crippen LogP contribution in [0.3, 0.4) is 0 Å². The van der Waals surface area contributed by atoms with Crippen LogP contribution in [0, 0.1) is 0 Å². The van der Waals surface area contributed by atoms with Gasteiger partial charge in [-0.3, -0.25) is 101 Å². The van der Waals surface area contributed by atoms with Crippen molar-refractivity contribution in [2.24, 2.45) is 0 Å². The second-order valence-electron chi connectivity index (χ2n) is 34.7. The normalized spacial score (nSPS) is 34.5. The van der Waals surface area contributed by atoms with E-state index < -0.39 is 386 Å². The maximum absolute atomic E-state index is 14.5. The summed E-state index contributed by atoms with van der Waals surface area (Å²) in [6, 6.07) is 0. The van der Waals surface area contributed by atoms with Gasteiger partial charge in [0.25, 0.3) is 0 Å². The number of hydrogen-bond acceptors (Lipinski definition) is 57. The largest absolute Gasteiger partial charge is 0.463 e. The molecule has 56 nitrogen and oxygen atoms in total. The van der Waals surface area contributed by atoms with Crippen LogP contribution >= 0.6 is 21.6 Å². The Bertz CT molecular complexity index is 4390. The number of carbonyl (C=O) groups excluding carboxylic acids is 21. The predicted octanol–water partition coefficient (Wildman–Crippen LogP) is -0.977. The molecule has 1 amide bonds. The topological polar surface area (TPSA) is 684 Å². The molecule has 22 fully saturated rings. The summed E-state index contributed by atoms with van der Waals surface area (Å²) < 4.78 is 211. The minimum absolute atomic E-state index is 0.190. The van der Waals surface area contributed by atoms with Gasteiger partial charge in [-0.1, -0.05) is 28.0 Å². The van der Waals surface area contributed by atoms with Gasteiger partial charge >= 0.3 is 119 Å². The van der Waals surface area contributed by atoms with Crippen molar-refractivity contribution in [3.63, 3.8) is 0 Å². The van der Waals surface area contributed by atoms with Crippen LogP contribution in [-0.4, -0.2) is 397 Å². The van der Waals surface area contributed by atoms with Gasteiger partial charge in [-0.25, -0.2) is 0 Å². The first kappa shape index (κ1) is 121. The molecule has 0 spiro atoms. The van der Waals surface area contributed by atoms with Crippen LogP contribution < -0.4 is 5.32 Å². The number of amides is 1. The lowest BCUT2D eigenvalue weighted by Crippen LogP contribution is -2.70. The average Bonchev–Trinajstić information content (AvgIpc) is 0.798. The summed E-state index contributed by atoms with van der Waals surface area (Å²) in [4.78, 5) is 291. The quantitative estimate of drug-likeness (QED) is 0.0357. The van der Waals surface area contributed by atoms with E-state index in [9.17, 15) is 101 Å². The lowest BCUT2D eigenvalue weighted by atomic mass is 9.94. The lowest BCUT2D eigenvalue weighted by molar-refractivity contribution is -0.396. The van der Waals surface area contributed by atoms with Gasteiger partial charge in [-0.2, -0.15) is 0 Å². The fourth-order valence-electron chi connectivity index (χ4n) is 17.3. The van der Waals surface area contributed by atoms with Crippen molar-refractivity contribution in [2.45, 2.75) is 391 Å². The second kappa shape index (κ2) is 56.2. The molecule has 0 aliphatic carbocycles. The van der Waals surface area contributed by atoms with E-state index in [0.29, 0.717) is 12.8 Å². The van der Waals surface area contributed by atoms with E-state index in [-0.39, 0.29) is 18.1 Å². The summed E-state index contributed by atoms with van der Waals surface area (Å²) in [6.45, 7) is 9.22. The van der Waals surface area contributed by atoms with Gasteiger partial charge in [0.2, 0.25) is 5.91 Å². The smallest absolute Gasteiger partial charge is 0.303 e. The first-order valence-corrected chi connectivity index (χ1v) is 49.0. The summed E-state index contributed by atoms with van der Waals surface area (Å²) in [5.74, 6) is -24.6. The molecule has 0 aromatic rings. The number of unbranched alkanes of at least 4 members (excludes halogenated alkanes) is 1. The van der Waals surface area contributed by atoms with E-state index >= 15 is 0 Å². The van der Waals surface area contributed by atoms with E-state index in [1.54, 1.807) is 21.6 Å². The molecular formula is C90H123NO55S2. The van der Waals surface area contributed by atoms with E-state index in [4.69, 9.17) is 161 Å². The highest BCUT2D eigenvalue weighted by Crippen LogP contribution is 2.46. The second-order valence-corrected chi connectivity index (χ2v) is 37.5. The van der Waals surface area contributed by atoms with E-state index in [0.717, 1.165) is 151 Å². The predicted molar refractivity (Wildman–Crippen MR) is 472 cm³/mol. The van der Waals surface area contributed by atoms with Crippen LogP contribution in [-0.2, 0) is 262 Å². The van der Waals surface area contributed by atoms with Gasteiger partial charge in [0.15, 0.2) is 129 Å². The molecule has 0 saturated carbocycles. The Labute approximate surface area is 853 Å². The maximum Gasteiger partial charge on any atom is 0.303 e. The first-order valence-electron chi connectivity index (χ1n) is 46.7. The molecule has 830 valence electrons. The molecule has 22 heterocycles. The number of esters is 20. The Morgan fingerprint density at radius 3 is 0.547 bits per heavy atom. The number of nitrogens with one attached hydrogen (secondary N) is 1. The van der Waals surface area contributed by atoms with Crippen molar-refractivity contribution in [1.29, 1.82) is 0 Å². The zero-order valence-electron chi connectivity index (χ0n) is 84.2. The van der Waals surface area contributed by atoms with Crippen molar-refractivity contribution in [2.75, 3.05) is 51.9 Å². The van der Waals surface area contributed by atoms with Gasteiger partial charge in [-0.05, 0) is 19.3 Å². The number of carbonyl (C=O) groups is 21. The van der Waals surface area contributed by atoms with E-state index in [1.807, 2.05) is 0 Å². The first-order chi connectivity index (χ1) is 69.7. The monoisotopic (exact) mass is 2160 g/mol. The molecule has 22 rings (SSSR count). The van der Waals surface area contributed by atoms with Crippen LogP contribution in [0.2, 0.25) is 0 Å². The third kappa shape index (κ3) is 35.3. The fraction of sp³-hybridized carbons (Fsp3) is 0.767. The highest BCUT2D eigenvalue weighted by atomic mass is 33.1. The van der Waals surface area contributed by atoms with Crippen molar-refractivity contribution < 1.29 is 262 Å². The molecule has 36 atom stereocenters. The SMILES string of the molecule is CC(=O)OCC1OC2OC3C(COC(C)=O)OC(OC4C(COC(C)=O)OC(OC5C(COC(C)=O)OC(OC6C(COC(C)=O)OC(OC7C(COC(C)=O)OC(OC8C(CNC(=O)CCCCC9CCSS9)OC(OC1C(OC(C)=O)C2OC(C)=O)C(OC(C)=O)C8OC(C)=O)C(OC(C)=O)C7OC(C)=O)C(OC(C)=O)C6OC(C)=O)C(OC(C)=O)C5OC(C)=O)C(OC(C)=O)C4OC(C)=O)C(OC(C)=O)C3OC(C)=O. The Balaban J connectivity index is 1.39. The Hall–Kier alpha value is -11.0. The molecule has 22 aliphatic heterocycles. The maximum atomic E-state index is 14.5. The van der Waals surface area contributed by atoms with Gasteiger partial charge in [-0.15, -0.1) is 0 Å². The molecule has 1 N–H and O–H groups in total. The molecule has 58 heteroatoms. The highest BCUT2D eigenvalue weighted by molar-refractivity contribution is 8.77. The Morgan fingerprint density at radius 1 is 0.216 bits per heavy atom. The molecule has 14 bridgehead atoms. The third-order valence-electron chi connectivity index (χ3n) is 22.5. The zero-order valence-corrected chi connectivity index (χ0v) is 85.9. The molecule has 0 aromatic heterocycles. The molecule has 0 aromatic carbocycles. The summed E-state index contributed by atoms with van der Waals surface area (Å²) in [6.07, 6.45) is -78.8. The molecule has 22 aliphatic rings. The number of hydrogen-bond donors (Lipinski definition) is 1. The van der Waals surface area contributed by atoms with Crippen molar-refractivity contribution in [3.05, 3.63) is 0 Å². The summed E-state index contributed by atoms with van der Waals surface area (Å²) in [5.41, 5.74) is 0. The van der Waals surface area contributed by atoms with Crippen LogP contribution in [0.5, 0.6) is 0 Å². The standard InChI is InChI=1S/C90H123NO55S2/c1-34(92)113-28-56-64-71(120-41(8)99)79(128-49(16)107)86(135-56)143-66-58(30-115-36(3)94)137-88(81(130-51(18)109)73(66)122-43(10)101)145-68-60(32-117-38(5)96)139-90(83(132-53(20)111)75(68)124-45(12)103)146-69-61(33-118-39(6)97)138-89(82(131-52(19)110)76(69)125-46(13)104)144-67-59(31-116-37(4)95)136-87(80(129-50(17)108)74(67)123-44(11)102)142-65-57(29-114-35(2)93)134-85(78(127-48(15)106)72(65)121-42(9)100)140-63-55(27-91-62(112)24-22-21-23-54-25-26-147-148-54)133-84(141-64)77(126-47(14)105)70(63)119-40(7)98/h54-61,63-90H,21-33H2,1-20H3,(H,91,112). The average molecular weight is 2160 g/mol. The van der Waals surface area contributed by atoms with Crippen molar-refractivity contribution >= 4 is 147 Å². The van der Waals surface area contributed by atoms with Crippen LogP contribution in [0.4, 0.5) is 0 Å². The van der Waals surface area contributed by atoms with E-state index in [2.05, 4.69) is 5.32 Å². The van der Waals surface area contributed by atoms with Crippen LogP contribution in [0.25, 0.3) is 0 Å². The van der Waals surface area contributed by atoms with Gasteiger partial charge in [0, 0.05) is 162 Å². The number of rotatable bonds is 33. The van der Waals surface area contributed by atoms with Gasteiger partial charge in [0.05, 0.1) is 0 Å². The summed E-state index contributed by atoms with van der Waals surface area (Å²) in [7, 11) is 3.38. The fourth-order valence-corrected chi connectivity index (χ4v) is 20.4. The molecule has 22 saturated heterocycles. The van der Waals surface area contributed by atoms with E-state index in [1.165, 1.54) is 0 Å². The molecule has 0 radical (unpaired) electrons.